The summed E-state index contributed by atoms with van der Waals surface area (Å²) in [6.45, 7) is 1.10. The van der Waals surface area contributed by atoms with Gasteiger partial charge in [0.25, 0.3) is 11.8 Å². The van der Waals surface area contributed by atoms with E-state index in [9.17, 15) is 14.7 Å². The summed E-state index contributed by atoms with van der Waals surface area (Å²) < 4.78 is 0. The number of nitrogens with zero attached hydrogens (tertiary/aromatic N) is 5. The number of thiophene rings is 2. The van der Waals surface area contributed by atoms with Crippen LogP contribution in [0.4, 0.5) is 17.6 Å². The first-order valence-corrected chi connectivity index (χ1v) is 16.3. The summed E-state index contributed by atoms with van der Waals surface area (Å²) in [5, 5.41) is 12.2. The topological polar surface area (TPSA) is 173 Å². The van der Waals surface area contributed by atoms with Gasteiger partial charge in [0.15, 0.2) is 0 Å². The van der Waals surface area contributed by atoms with E-state index in [0.29, 0.717) is 22.0 Å². The lowest BCUT2D eigenvalue weighted by molar-refractivity contribution is 0.0953. The number of rotatable bonds is 6. The van der Waals surface area contributed by atoms with E-state index in [1.807, 2.05) is 47.4 Å². The fraction of sp³-hybridized carbons (Fsp3) is 0.118. The second kappa shape index (κ2) is 14.2. The molecule has 2 aromatic carbocycles. The highest BCUT2D eigenvalue weighted by Gasteiger charge is 2.24. The molecule has 0 saturated carbocycles. The molecule has 13 heteroatoms. The van der Waals surface area contributed by atoms with Gasteiger partial charge in [-0.3, -0.25) is 9.59 Å². The Balaban J connectivity index is 0.000000165. The van der Waals surface area contributed by atoms with E-state index < -0.39 is 0 Å². The summed E-state index contributed by atoms with van der Waals surface area (Å²) in [5.41, 5.74) is 15.7. The zero-order valence-electron chi connectivity index (χ0n) is 25.0. The SMILES string of the molecule is Nc1nccc(-c2ccc(C(=O)N3CCCc4ccccc43)s2)n1.Nc1nccc(-c2ccc(C(=O)NCc3cccc(O)c3)s2)n1. The predicted octanol–water partition coefficient (Wildman–Crippen LogP) is 5.80. The van der Waals surface area contributed by atoms with Crippen molar-refractivity contribution >= 4 is 52.1 Å². The van der Waals surface area contributed by atoms with Crippen molar-refractivity contribution in [3.05, 3.63) is 118 Å². The highest BCUT2D eigenvalue weighted by molar-refractivity contribution is 7.17. The lowest BCUT2D eigenvalue weighted by Gasteiger charge is -2.29. The van der Waals surface area contributed by atoms with E-state index in [1.54, 1.807) is 48.8 Å². The summed E-state index contributed by atoms with van der Waals surface area (Å²) >= 11 is 2.77. The minimum Gasteiger partial charge on any atom is -0.508 e. The molecule has 11 nitrogen and oxygen atoms in total. The number of phenolic OH excluding ortho intramolecular Hbond substituents is 1. The highest BCUT2D eigenvalue weighted by atomic mass is 32.1. The van der Waals surface area contributed by atoms with E-state index in [1.165, 1.54) is 28.2 Å². The number of fused-ring (bicyclic) bond motifs is 1. The number of anilines is 3. The Bertz CT molecular complexity index is 2040. The molecule has 0 bridgehead atoms. The van der Waals surface area contributed by atoms with Crippen LogP contribution in [-0.2, 0) is 13.0 Å². The summed E-state index contributed by atoms with van der Waals surface area (Å²) in [7, 11) is 0. The molecule has 0 spiro atoms. The first kappa shape index (κ1) is 31.3. The minimum atomic E-state index is -0.174. The molecule has 0 unspecified atom stereocenters. The second-order valence-corrected chi connectivity index (χ2v) is 12.6. The van der Waals surface area contributed by atoms with Crippen molar-refractivity contribution in [2.45, 2.75) is 19.4 Å². The molecule has 2 amide bonds. The third-order valence-electron chi connectivity index (χ3n) is 7.22. The number of hydrogen-bond acceptors (Lipinski definition) is 11. The first-order valence-electron chi connectivity index (χ1n) is 14.7. The molecular weight excluding hydrogens is 633 g/mol. The van der Waals surface area contributed by atoms with E-state index in [-0.39, 0.29) is 29.5 Å². The zero-order chi connectivity index (χ0) is 32.8. The van der Waals surface area contributed by atoms with Crippen LogP contribution in [0.15, 0.2) is 97.3 Å². The Hall–Kier alpha value is -5.66. The molecular formula is C34H30N8O3S2. The third kappa shape index (κ3) is 7.60. The molecule has 4 aromatic heterocycles. The van der Waals surface area contributed by atoms with Gasteiger partial charge in [-0.05, 0) is 78.6 Å². The van der Waals surface area contributed by atoms with Crippen molar-refractivity contribution in [1.82, 2.24) is 25.3 Å². The van der Waals surface area contributed by atoms with Crippen LogP contribution in [0.25, 0.3) is 21.1 Å². The van der Waals surface area contributed by atoms with Crippen molar-refractivity contribution in [2.24, 2.45) is 0 Å². The Labute approximate surface area is 278 Å². The lowest BCUT2D eigenvalue weighted by atomic mass is 10.0. The van der Waals surface area contributed by atoms with Crippen LogP contribution in [0.1, 0.15) is 36.9 Å². The van der Waals surface area contributed by atoms with Crippen LogP contribution in [0.2, 0.25) is 0 Å². The van der Waals surface area contributed by atoms with Crippen LogP contribution in [0.3, 0.4) is 0 Å². The molecule has 0 saturated heterocycles. The smallest absolute Gasteiger partial charge is 0.268 e. The Kier molecular flexibility index (Phi) is 9.46. The molecule has 0 aliphatic carbocycles. The third-order valence-corrected chi connectivity index (χ3v) is 9.42. The summed E-state index contributed by atoms with van der Waals surface area (Å²) in [5.74, 6) is 0.480. The average molecular weight is 663 g/mol. The molecule has 47 heavy (non-hydrogen) atoms. The second-order valence-electron chi connectivity index (χ2n) is 10.5. The van der Waals surface area contributed by atoms with Crippen molar-refractivity contribution in [3.63, 3.8) is 0 Å². The van der Waals surface area contributed by atoms with Gasteiger partial charge in [-0.1, -0.05) is 30.3 Å². The molecule has 236 valence electrons. The maximum absolute atomic E-state index is 13.0. The van der Waals surface area contributed by atoms with Gasteiger partial charge >= 0.3 is 0 Å². The van der Waals surface area contributed by atoms with Crippen LogP contribution in [-0.4, -0.2) is 43.4 Å². The van der Waals surface area contributed by atoms with Gasteiger partial charge in [0, 0.05) is 31.2 Å². The average Bonchev–Trinajstić information content (AvgIpc) is 3.79. The molecule has 0 radical (unpaired) electrons. The Morgan fingerprint density at radius 2 is 1.47 bits per heavy atom. The monoisotopic (exact) mass is 662 g/mol. The van der Waals surface area contributed by atoms with E-state index in [2.05, 4.69) is 31.3 Å². The number of phenols is 1. The van der Waals surface area contributed by atoms with Crippen molar-refractivity contribution in [1.29, 1.82) is 0 Å². The lowest BCUT2D eigenvalue weighted by Crippen LogP contribution is -2.34. The number of nitrogen functional groups attached to an aromatic ring is 2. The molecule has 1 aliphatic rings. The Morgan fingerprint density at radius 1 is 0.809 bits per heavy atom. The number of hydrogen-bond donors (Lipinski definition) is 4. The normalized spacial score (nSPS) is 12.0. The fourth-order valence-electron chi connectivity index (χ4n) is 5.02. The Morgan fingerprint density at radius 3 is 2.15 bits per heavy atom. The van der Waals surface area contributed by atoms with Crippen molar-refractivity contribution in [2.75, 3.05) is 22.9 Å². The molecule has 6 aromatic rings. The largest absolute Gasteiger partial charge is 0.508 e. The van der Waals surface area contributed by atoms with Gasteiger partial charge < -0.3 is 26.8 Å². The molecule has 7 rings (SSSR count). The quantitative estimate of drug-likeness (QED) is 0.172. The van der Waals surface area contributed by atoms with Crippen LogP contribution in [0.5, 0.6) is 5.75 Å². The summed E-state index contributed by atoms with van der Waals surface area (Å²) in [4.78, 5) is 46.2. The van der Waals surface area contributed by atoms with Gasteiger partial charge in [-0.25, -0.2) is 19.9 Å². The molecule has 0 fully saturated rings. The van der Waals surface area contributed by atoms with E-state index in [0.717, 1.165) is 46.1 Å². The fourth-order valence-corrected chi connectivity index (χ4v) is 6.84. The number of benzene rings is 2. The number of aromatic hydroxyl groups is 1. The van der Waals surface area contributed by atoms with E-state index >= 15 is 0 Å². The zero-order valence-corrected chi connectivity index (χ0v) is 26.7. The molecule has 5 heterocycles. The number of aromatic nitrogens is 4. The number of amides is 2. The predicted molar refractivity (Wildman–Crippen MR) is 185 cm³/mol. The maximum Gasteiger partial charge on any atom is 0.268 e. The number of aryl methyl sites for hydroxylation is 1. The van der Waals surface area contributed by atoms with Crippen LogP contribution >= 0.6 is 22.7 Å². The number of carbonyl (C=O) groups excluding carboxylic acids is 2. The minimum absolute atomic E-state index is 0.0421. The standard InChI is InChI=1S/C18H16N4OS.C16H14N4O2S/c19-18-20-10-9-13(21-18)15-7-8-16(24-15)17(23)22-11-3-5-12-4-1-2-6-14(12)22;17-16-18-7-6-12(20-16)13-4-5-14(23-13)15(22)19-9-10-2-1-3-11(21)8-10/h1-2,4,6-10H,3,5,11H2,(H2,19,20,21);1-8,21H,9H2,(H,19,22)(H2,17,18,20). The number of carbonyl (C=O) groups is 2. The highest BCUT2D eigenvalue weighted by Crippen LogP contribution is 2.32. The molecule has 1 aliphatic heterocycles. The maximum atomic E-state index is 13.0. The summed E-state index contributed by atoms with van der Waals surface area (Å²) in [6, 6.07) is 25.8. The van der Waals surface area contributed by atoms with Crippen LogP contribution in [0, 0.1) is 0 Å². The van der Waals surface area contributed by atoms with Gasteiger partial charge in [-0.15, -0.1) is 22.7 Å². The van der Waals surface area contributed by atoms with Gasteiger partial charge in [-0.2, -0.15) is 0 Å². The van der Waals surface area contributed by atoms with Gasteiger partial charge in [0.1, 0.15) is 5.75 Å². The number of nitrogens with one attached hydrogen (secondary N) is 1. The van der Waals surface area contributed by atoms with Crippen LogP contribution < -0.4 is 21.7 Å². The molecule has 6 N–H and O–H groups in total. The number of para-hydroxylation sites is 1. The van der Waals surface area contributed by atoms with E-state index in [4.69, 9.17) is 11.5 Å². The summed E-state index contributed by atoms with van der Waals surface area (Å²) in [6.07, 6.45) is 5.22. The molecule has 0 atom stereocenters. The first-order chi connectivity index (χ1) is 22.8. The van der Waals surface area contributed by atoms with Gasteiger partial charge in [0.05, 0.1) is 30.9 Å². The van der Waals surface area contributed by atoms with Crippen molar-refractivity contribution < 1.29 is 14.7 Å². The number of nitrogens with two attached hydrogens (primary N) is 2. The van der Waals surface area contributed by atoms with Crippen molar-refractivity contribution in [3.8, 4) is 26.9 Å². The van der Waals surface area contributed by atoms with Gasteiger partial charge in [0.2, 0.25) is 11.9 Å².